The number of aryl methyl sites for hydroxylation is 1. The van der Waals surface area contributed by atoms with Gasteiger partial charge in [0.05, 0.1) is 12.5 Å². The van der Waals surface area contributed by atoms with E-state index in [0.717, 1.165) is 0 Å². The standard InChI is InChI=1S/C12H18N4O3/c1-16-7-14-15-10(16)6-13-11(17)8-2-4-9(5-3-8)12(18)19/h7-9H,2-6H2,1H3,(H,13,17)(H,18,19). The van der Waals surface area contributed by atoms with Crippen molar-refractivity contribution in [3.8, 4) is 0 Å². The summed E-state index contributed by atoms with van der Waals surface area (Å²) in [5.74, 6) is -0.441. The van der Waals surface area contributed by atoms with Gasteiger partial charge in [0.15, 0.2) is 5.82 Å². The summed E-state index contributed by atoms with van der Waals surface area (Å²) in [7, 11) is 1.82. The maximum atomic E-state index is 12.0. The van der Waals surface area contributed by atoms with Crippen molar-refractivity contribution < 1.29 is 14.7 Å². The van der Waals surface area contributed by atoms with E-state index in [0.29, 0.717) is 38.1 Å². The first-order valence-corrected chi connectivity index (χ1v) is 6.41. The van der Waals surface area contributed by atoms with E-state index in [4.69, 9.17) is 5.11 Å². The number of carboxylic acids is 1. The van der Waals surface area contributed by atoms with E-state index in [-0.39, 0.29) is 17.7 Å². The molecule has 0 unspecified atom stereocenters. The van der Waals surface area contributed by atoms with Crippen LogP contribution >= 0.6 is 0 Å². The number of carbonyl (C=O) groups excluding carboxylic acids is 1. The lowest BCUT2D eigenvalue weighted by atomic mass is 9.81. The summed E-state index contributed by atoms with van der Waals surface area (Å²) in [4.78, 5) is 22.8. The molecule has 7 nitrogen and oxygen atoms in total. The van der Waals surface area contributed by atoms with Crippen LogP contribution in [-0.2, 0) is 23.2 Å². The van der Waals surface area contributed by atoms with Gasteiger partial charge in [-0.15, -0.1) is 10.2 Å². The highest BCUT2D eigenvalue weighted by Gasteiger charge is 2.29. The third kappa shape index (κ3) is 3.30. The van der Waals surface area contributed by atoms with Gasteiger partial charge in [-0.25, -0.2) is 0 Å². The van der Waals surface area contributed by atoms with Crippen LogP contribution in [0.25, 0.3) is 0 Å². The first-order chi connectivity index (χ1) is 9.08. The van der Waals surface area contributed by atoms with Crippen LogP contribution in [0.15, 0.2) is 6.33 Å². The molecule has 0 atom stereocenters. The van der Waals surface area contributed by atoms with Gasteiger partial charge >= 0.3 is 5.97 Å². The van der Waals surface area contributed by atoms with Crippen molar-refractivity contribution in [2.75, 3.05) is 0 Å². The van der Waals surface area contributed by atoms with Crippen LogP contribution in [0.4, 0.5) is 0 Å². The Morgan fingerprint density at radius 1 is 1.37 bits per heavy atom. The third-order valence-corrected chi connectivity index (χ3v) is 3.67. The summed E-state index contributed by atoms with van der Waals surface area (Å²) >= 11 is 0. The molecule has 2 N–H and O–H groups in total. The Bertz CT molecular complexity index is 463. The molecule has 0 bridgehead atoms. The molecule has 1 aromatic rings. The van der Waals surface area contributed by atoms with Crippen molar-refractivity contribution in [1.29, 1.82) is 0 Å². The highest BCUT2D eigenvalue weighted by Crippen LogP contribution is 2.28. The number of amides is 1. The van der Waals surface area contributed by atoms with E-state index in [1.807, 2.05) is 7.05 Å². The van der Waals surface area contributed by atoms with Crippen LogP contribution in [0.1, 0.15) is 31.5 Å². The molecule has 1 saturated carbocycles. The number of rotatable bonds is 4. The van der Waals surface area contributed by atoms with Gasteiger partial charge in [-0.05, 0) is 25.7 Å². The van der Waals surface area contributed by atoms with E-state index >= 15 is 0 Å². The summed E-state index contributed by atoms with van der Waals surface area (Å²) < 4.78 is 1.75. The predicted molar refractivity (Wildman–Crippen MR) is 65.9 cm³/mol. The number of aliphatic carboxylic acids is 1. The van der Waals surface area contributed by atoms with Gasteiger partial charge in [-0.2, -0.15) is 0 Å². The van der Waals surface area contributed by atoms with Gasteiger partial charge in [0.1, 0.15) is 6.33 Å². The zero-order valence-electron chi connectivity index (χ0n) is 10.9. The van der Waals surface area contributed by atoms with E-state index in [1.54, 1.807) is 10.9 Å². The van der Waals surface area contributed by atoms with E-state index in [2.05, 4.69) is 15.5 Å². The molecule has 0 aromatic carbocycles. The molecular weight excluding hydrogens is 248 g/mol. The highest BCUT2D eigenvalue weighted by atomic mass is 16.4. The van der Waals surface area contributed by atoms with Gasteiger partial charge in [-0.1, -0.05) is 0 Å². The van der Waals surface area contributed by atoms with Crippen LogP contribution in [0.3, 0.4) is 0 Å². The minimum Gasteiger partial charge on any atom is -0.481 e. The van der Waals surface area contributed by atoms with Crippen molar-refractivity contribution in [2.24, 2.45) is 18.9 Å². The van der Waals surface area contributed by atoms with E-state index < -0.39 is 5.97 Å². The van der Waals surface area contributed by atoms with E-state index in [1.165, 1.54) is 0 Å². The summed E-state index contributed by atoms with van der Waals surface area (Å²) in [5.41, 5.74) is 0. The number of aromatic nitrogens is 3. The molecule has 19 heavy (non-hydrogen) atoms. The van der Waals surface area contributed by atoms with Crippen molar-refractivity contribution in [3.63, 3.8) is 0 Å². The third-order valence-electron chi connectivity index (χ3n) is 3.67. The van der Waals surface area contributed by atoms with Crippen molar-refractivity contribution in [3.05, 3.63) is 12.2 Å². The molecule has 1 heterocycles. The highest BCUT2D eigenvalue weighted by molar-refractivity contribution is 5.79. The fourth-order valence-corrected chi connectivity index (χ4v) is 2.38. The molecule has 1 aliphatic carbocycles. The van der Waals surface area contributed by atoms with Gasteiger partial charge in [0.2, 0.25) is 5.91 Å². The number of hydrogen-bond acceptors (Lipinski definition) is 4. The molecule has 0 aliphatic heterocycles. The molecule has 1 aliphatic rings. The maximum Gasteiger partial charge on any atom is 0.306 e. The van der Waals surface area contributed by atoms with Crippen LogP contribution in [0.2, 0.25) is 0 Å². The molecule has 0 radical (unpaired) electrons. The lowest BCUT2D eigenvalue weighted by Gasteiger charge is -2.25. The SMILES string of the molecule is Cn1cnnc1CNC(=O)C1CCC(C(=O)O)CC1. The van der Waals surface area contributed by atoms with Crippen molar-refractivity contribution >= 4 is 11.9 Å². The minimum absolute atomic E-state index is 0.0214. The second kappa shape index (κ2) is 5.81. The number of nitrogens with one attached hydrogen (secondary N) is 1. The summed E-state index contributed by atoms with van der Waals surface area (Å²) in [6.45, 7) is 0.355. The number of carbonyl (C=O) groups is 2. The molecule has 104 valence electrons. The molecule has 0 spiro atoms. The Morgan fingerprint density at radius 2 is 2.00 bits per heavy atom. The fraction of sp³-hybridized carbons (Fsp3) is 0.667. The van der Waals surface area contributed by atoms with Crippen molar-refractivity contribution in [1.82, 2.24) is 20.1 Å². The summed E-state index contributed by atoms with van der Waals surface area (Å²) in [5, 5.41) is 19.4. The molecule has 1 fully saturated rings. The number of nitrogens with zero attached hydrogens (tertiary/aromatic N) is 3. The average Bonchev–Trinajstić information content (AvgIpc) is 2.81. The largest absolute Gasteiger partial charge is 0.481 e. The smallest absolute Gasteiger partial charge is 0.306 e. The summed E-state index contributed by atoms with van der Waals surface area (Å²) in [6.07, 6.45) is 4.03. The zero-order chi connectivity index (χ0) is 13.8. The first-order valence-electron chi connectivity index (χ1n) is 6.41. The average molecular weight is 266 g/mol. The van der Waals surface area contributed by atoms with Gasteiger partial charge in [-0.3, -0.25) is 9.59 Å². The van der Waals surface area contributed by atoms with Crippen LogP contribution in [0, 0.1) is 11.8 Å². The lowest BCUT2D eigenvalue weighted by molar-refractivity contribution is -0.144. The molecule has 7 heteroatoms. The van der Waals surface area contributed by atoms with Gasteiger partial charge in [0, 0.05) is 13.0 Å². The van der Waals surface area contributed by atoms with Gasteiger partial charge in [0.25, 0.3) is 0 Å². The molecule has 1 amide bonds. The Labute approximate surface area is 111 Å². The molecule has 1 aromatic heterocycles. The predicted octanol–water partition coefficient (Wildman–Crippen LogP) is 0.322. The van der Waals surface area contributed by atoms with Crippen LogP contribution in [-0.4, -0.2) is 31.7 Å². The Morgan fingerprint density at radius 3 is 2.53 bits per heavy atom. The first kappa shape index (κ1) is 13.5. The van der Waals surface area contributed by atoms with Crippen LogP contribution in [0.5, 0.6) is 0 Å². The van der Waals surface area contributed by atoms with Crippen LogP contribution < -0.4 is 5.32 Å². The Kier molecular flexibility index (Phi) is 4.13. The second-order valence-electron chi connectivity index (χ2n) is 4.96. The maximum absolute atomic E-state index is 12.0. The lowest BCUT2D eigenvalue weighted by Crippen LogP contribution is -2.34. The molecule has 0 saturated heterocycles. The van der Waals surface area contributed by atoms with Gasteiger partial charge < -0.3 is 15.0 Å². The van der Waals surface area contributed by atoms with E-state index in [9.17, 15) is 9.59 Å². The normalized spacial score (nSPS) is 23.0. The minimum atomic E-state index is -0.752. The quantitative estimate of drug-likeness (QED) is 0.818. The topological polar surface area (TPSA) is 97.1 Å². The van der Waals surface area contributed by atoms with Crippen molar-refractivity contribution in [2.45, 2.75) is 32.2 Å². The second-order valence-corrected chi connectivity index (χ2v) is 4.96. The monoisotopic (exact) mass is 266 g/mol. The Balaban J connectivity index is 1.79. The Hall–Kier alpha value is -1.92. The number of carboxylic acid groups (broad SMARTS) is 1. The fourth-order valence-electron chi connectivity index (χ4n) is 2.38. The molecule has 2 rings (SSSR count). The molecular formula is C12H18N4O3. The number of hydrogen-bond donors (Lipinski definition) is 2. The summed E-state index contributed by atoms with van der Waals surface area (Å²) in [6, 6.07) is 0. The zero-order valence-corrected chi connectivity index (χ0v) is 10.9.